The number of rotatable bonds is 5. The zero-order valence-corrected chi connectivity index (χ0v) is 14.3. The molecule has 24 heavy (non-hydrogen) atoms. The molecule has 0 bridgehead atoms. The number of ether oxygens (including phenoxy) is 1. The zero-order valence-electron chi connectivity index (χ0n) is 12.7. The van der Waals surface area contributed by atoms with Crippen LogP contribution in [0, 0.1) is 5.82 Å². The smallest absolute Gasteiger partial charge is 0.340 e. The third kappa shape index (κ3) is 4.00. The molecule has 0 saturated heterocycles. The standard InChI is InChI=1S/C18H15BrFNO3/c19-15-10-12(20)6-9-14(15)18(23)24-16(11-4-2-1-3-5-11)17(22)21-13-7-8-13/h1-6,9-10,13,16H,7-8H2,(H,21,22)/t16-/m0/s1. The van der Waals surface area contributed by atoms with Crippen molar-refractivity contribution in [2.75, 3.05) is 0 Å². The summed E-state index contributed by atoms with van der Waals surface area (Å²) < 4.78 is 18.9. The maximum absolute atomic E-state index is 13.2. The molecular weight excluding hydrogens is 377 g/mol. The Morgan fingerprint density at radius 3 is 2.50 bits per heavy atom. The summed E-state index contributed by atoms with van der Waals surface area (Å²) in [4.78, 5) is 24.9. The molecule has 2 aromatic rings. The Labute approximate surface area is 147 Å². The molecule has 0 unspecified atom stereocenters. The highest BCUT2D eigenvalue weighted by Crippen LogP contribution is 2.26. The SMILES string of the molecule is O=C(O[C@H](C(=O)NC1CC1)c1ccccc1)c1ccc(F)cc1Br. The molecule has 0 aromatic heterocycles. The average molecular weight is 392 g/mol. The molecule has 1 amide bonds. The number of benzene rings is 2. The summed E-state index contributed by atoms with van der Waals surface area (Å²) in [5.74, 6) is -1.51. The van der Waals surface area contributed by atoms with Gasteiger partial charge in [0.2, 0.25) is 6.10 Å². The van der Waals surface area contributed by atoms with Crippen molar-refractivity contribution in [2.45, 2.75) is 25.0 Å². The van der Waals surface area contributed by atoms with Gasteiger partial charge < -0.3 is 10.1 Å². The maximum Gasteiger partial charge on any atom is 0.340 e. The molecule has 3 rings (SSSR count). The Morgan fingerprint density at radius 1 is 1.17 bits per heavy atom. The highest BCUT2D eigenvalue weighted by Gasteiger charge is 2.31. The molecular formula is C18H15BrFNO3. The van der Waals surface area contributed by atoms with Crippen LogP contribution in [-0.2, 0) is 9.53 Å². The van der Waals surface area contributed by atoms with Crippen molar-refractivity contribution in [3.8, 4) is 0 Å². The van der Waals surface area contributed by atoms with Crippen molar-refractivity contribution in [3.63, 3.8) is 0 Å². The highest BCUT2D eigenvalue weighted by molar-refractivity contribution is 9.10. The number of amides is 1. The average Bonchev–Trinajstić information content (AvgIpc) is 3.37. The summed E-state index contributed by atoms with van der Waals surface area (Å²) >= 11 is 3.14. The normalized spacial score (nSPS) is 14.8. The summed E-state index contributed by atoms with van der Waals surface area (Å²) in [6, 6.07) is 12.6. The second kappa shape index (κ2) is 7.13. The van der Waals surface area contributed by atoms with Crippen molar-refractivity contribution in [1.82, 2.24) is 5.32 Å². The van der Waals surface area contributed by atoms with Crippen LogP contribution in [0.4, 0.5) is 4.39 Å². The van der Waals surface area contributed by atoms with Crippen LogP contribution in [-0.4, -0.2) is 17.9 Å². The van der Waals surface area contributed by atoms with E-state index in [2.05, 4.69) is 21.2 Å². The number of carbonyl (C=O) groups excluding carboxylic acids is 2. The number of hydrogen-bond acceptors (Lipinski definition) is 3. The second-order valence-electron chi connectivity index (χ2n) is 5.60. The molecule has 0 heterocycles. The van der Waals surface area contributed by atoms with E-state index in [0.29, 0.717) is 5.56 Å². The molecule has 0 aliphatic heterocycles. The van der Waals surface area contributed by atoms with Crippen LogP contribution in [0.5, 0.6) is 0 Å². The van der Waals surface area contributed by atoms with Gasteiger partial charge in [-0.3, -0.25) is 4.79 Å². The van der Waals surface area contributed by atoms with Crippen LogP contribution >= 0.6 is 15.9 Å². The van der Waals surface area contributed by atoms with E-state index < -0.39 is 17.9 Å². The van der Waals surface area contributed by atoms with Crippen LogP contribution in [0.2, 0.25) is 0 Å². The molecule has 0 radical (unpaired) electrons. The number of carbonyl (C=O) groups is 2. The van der Waals surface area contributed by atoms with Crippen molar-refractivity contribution < 1.29 is 18.7 Å². The van der Waals surface area contributed by atoms with Gasteiger partial charge in [-0.05, 0) is 47.0 Å². The minimum Gasteiger partial charge on any atom is -0.444 e. The van der Waals surface area contributed by atoms with Gasteiger partial charge in [-0.15, -0.1) is 0 Å². The van der Waals surface area contributed by atoms with E-state index in [9.17, 15) is 14.0 Å². The minimum absolute atomic E-state index is 0.153. The largest absolute Gasteiger partial charge is 0.444 e. The van der Waals surface area contributed by atoms with Gasteiger partial charge in [0.1, 0.15) is 5.82 Å². The fourth-order valence-corrected chi connectivity index (χ4v) is 2.74. The number of halogens is 2. The van der Waals surface area contributed by atoms with E-state index in [1.807, 2.05) is 6.07 Å². The summed E-state index contributed by atoms with van der Waals surface area (Å²) in [7, 11) is 0. The summed E-state index contributed by atoms with van der Waals surface area (Å²) in [5.41, 5.74) is 0.749. The molecule has 2 aromatic carbocycles. The lowest BCUT2D eigenvalue weighted by Gasteiger charge is -2.18. The Balaban J connectivity index is 1.82. The van der Waals surface area contributed by atoms with Gasteiger partial charge in [0.25, 0.3) is 5.91 Å². The number of nitrogens with one attached hydrogen (secondary N) is 1. The topological polar surface area (TPSA) is 55.4 Å². The molecule has 1 saturated carbocycles. The molecule has 6 heteroatoms. The van der Waals surface area contributed by atoms with Gasteiger partial charge >= 0.3 is 5.97 Å². The molecule has 124 valence electrons. The summed E-state index contributed by atoms with van der Waals surface area (Å²) in [6.07, 6.45) is 0.825. The predicted molar refractivity (Wildman–Crippen MR) is 89.9 cm³/mol. The van der Waals surface area contributed by atoms with Crippen molar-refractivity contribution in [1.29, 1.82) is 0 Å². The Morgan fingerprint density at radius 2 is 1.88 bits per heavy atom. The van der Waals surface area contributed by atoms with E-state index in [1.54, 1.807) is 24.3 Å². The molecule has 1 aliphatic rings. The Kier molecular flexibility index (Phi) is 4.94. The van der Waals surface area contributed by atoms with Crippen LogP contribution in [0.1, 0.15) is 34.9 Å². The van der Waals surface area contributed by atoms with E-state index in [4.69, 9.17) is 4.74 Å². The van der Waals surface area contributed by atoms with Crippen LogP contribution < -0.4 is 5.32 Å². The van der Waals surface area contributed by atoms with Gasteiger partial charge in [-0.2, -0.15) is 0 Å². The highest BCUT2D eigenvalue weighted by atomic mass is 79.9. The van der Waals surface area contributed by atoms with Crippen molar-refractivity contribution in [2.24, 2.45) is 0 Å². The monoisotopic (exact) mass is 391 g/mol. The van der Waals surface area contributed by atoms with E-state index >= 15 is 0 Å². The molecule has 1 fully saturated rings. The summed E-state index contributed by atoms with van der Waals surface area (Å²) in [6.45, 7) is 0. The van der Waals surface area contributed by atoms with Gasteiger partial charge in [0.15, 0.2) is 0 Å². The quantitative estimate of drug-likeness (QED) is 0.789. The molecule has 1 atom stereocenters. The fraction of sp³-hybridized carbons (Fsp3) is 0.222. The van der Waals surface area contributed by atoms with Crippen molar-refractivity contribution in [3.05, 3.63) is 69.9 Å². The minimum atomic E-state index is -1.05. The molecule has 0 spiro atoms. The lowest BCUT2D eigenvalue weighted by Crippen LogP contribution is -2.33. The van der Waals surface area contributed by atoms with E-state index in [-0.39, 0.29) is 22.0 Å². The van der Waals surface area contributed by atoms with Gasteiger partial charge in [0.05, 0.1) is 5.56 Å². The van der Waals surface area contributed by atoms with Crippen LogP contribution in [0.3, 0.4) is 0 Å². The molecule has 4 nitrogen and oxygen atoms in total. The van der Waals surface area contributed by atoms with E-state index in [1.165, 1.54) is 18.2 Å². The zero-order chi connectivity index (χ0) is 17.1. The van der Waals surface area contributed by atoms with Gasteiger partial charge in [-0.1, -0.05) is 30.3 Å². The first-order chi connectivity index (χ1) is 11.5. The van der Waals surface area contributed by atoms with E-state index in [0.717, 1.165) is 12.8 Å². The fourth-order valence-electron chi connectivity index (χ4n) is 2.23. The first kappa shape index (κ1) is 16.6. The van der Waals surface area contributed by atoms with Crippen LogP contribution in [0.25, 0.3) is 0 Å². The third-order valence-electron chi connectivity index (χ3n) is 3.64. The molecule has 1 N–H and O–H groups in total. The first-order valence-corrected chi connectivity index (χ1v) is 8.35. The Hall–Kier alpha value is -2.21. The second-order valence-corrected chi connectivity index (χ2v) is 6.46. The third-order valence-corrected chi connectivity index (χ3v) is 4.30. The first-order valence-electron chi connectivity index (χ1n) is 7.56. The van der Waals surface area contributed by atoms with Gasteiger partial charge in [0, 0.05) is 16.1 Å². The number of esters is 1. The van der Waals surface area contributed by atoms with Gasteiger partial charge in [-0.25, -0.2) is 9.18 Å². The summed E-state index contributed by atoms with van der Waals surface area (Å²) in [5, 5.41) is 2.85. The van der Waals surface area contributed by atoms with Crippen molar-refractivity contribution >= 4 is 27.8 Å². The lowest BCUT2D eigenvalue weighted by atomic mass is 10.1. The maximum atomic E-state index is 13.2. The predicted octanol–water partition coefficient (Wildman–Crippen LogP) is 3.76. The Bertz CT molecular complexity index is 762. The number of hydrogen-bond donors (Lipinski definition) is 1. The molecule has 1 aliphatic carbocycles. The van der Waals surface area contributed by atoms with Crippen LogP contribution in [0.15, 0.2) is 53.0 Å². The lowest BCUT2D eigenvalue weighted by molar-refractivity contribution is -0.130.